The molecular weight excluding hydrogens is 350 g/mol. The summed E-state index contributed by atoms with van der Waals surface area (Å²) < 4.78 is 56.3. The molecule has 23 heavy (non-hydrogen) atoms. The van der Waals surface area contributed by atoms with Gasteiger partial charge >= 0.3 is 6.61 Å². The highest BCUT2D eigenvalue weighted by Gasteiger charge is 2.29. The standard InChI is InChI=1S/C14H20F2N2O3S.ClH/c1-14(6-8-17-9-7-14)10-18-22(19,20)12-5-3-2-4-11(12)21-13(15)16;/h2-5,13,17-18H,6-10H2,1H3;1H. The maximum atomic E-state index is 12.4. The van der Waals surface area contributed by atoms with Crippen molar-refractivity contribution in [3.63, 3.8) is 0 Å². The Bertz CT molecular complexity index is 608. The molecule has 0 atom stereocenters. The summed E-state index contributed by atoms with van der Waals surface area (Å²) in [4.78, 5) is -0.271. The molecule has 132 valence electrons. The molecule has 0 radical (unpaired) electrons. The van der Waals surface area contributed by atoms with Gasteiger partial charge in [-0.25, -0.2) is 13.1 Å². The van der Waals surface area contributed by atoms with Gasteiger partial charge in [-0.05, 0) is 43.5 Å². The third-order valence-corrected chi connectivity index (χ3v) is 5.30. The van der Waals surface area contributed by atoms with Crippen molar-refractivity contribution in [2.75, 3.05) is 19.6 Å². The van der Waals surface area contributed by atoms with Gasteiger partial charge in [-0.3, -0.25) is 0 Å². The zero-order valence-electron chi connectivity index (χ0n) is 12.7. The smallest absolute Gasteiger partial charge is 0.387 e. The Morgan fingerprint density at radius 2 is 1.91 bits per heavy atom. The number of hydrogen-bond acceptors (Lipinski definition) is 4. The minimum Gasteiger partial charge on any atom is -0.433 e. The normalized spacial score (nSPS) is 17.6. The van der Waals surface area contributed by atoms with Crippen LogP contribution in [-0.4, -0.2) is 34.7 Å². The Balaban J connectivity index is 0.00000264. The number of halogens is 3. The molecule has 0 saturated carbocycles. The van der Waals surface area contributed by atoms with Crippen LogP contribution in [0.5, 0.6) is 5.75 Å². The van der Waals surface area contributed by atoms with E-state index < -0.39 is 16.6 Å². The maximum Gasteiger partial charge on any atom is 0.387 e. The zero-order chi connectivity index (χ0) is 16.2. The van der Waals surface area contributed by atoms with Crippen LogP contribution in [0.15, 0.2) is 29.2 Å². The van der Waals surface area contributed by atoms with Gasteiger partial charge in [-0.15, -0.1) is 12.4 Å². The van der Waals surface area contributed by atoms with Crippen LogP contribution in [0.25, 0.3) is 0 Å². The number of rotatable bonds is 6. The van der Waals surface area contributed by atoms with E-state index in [1.54, 1.807) is 0 Å². The number of sulfonamides is 1. The summed E-state index contributed by atoms with van der Waals surface area (Å²) in [7, 11) is -3.90. The SMILES string of the molecule is CC1(CNS(=O)(=O)c2ccccc2OC(F)F)CCNCC1.Cl. The first-order valence-corrected chi connectivity index (χ1v) is 8.55. The lowest BCUT2D eigenvalue weighted by Gasteiger charge is -2.34. The quantitative estimate of drug-likeness (QED) is 0.806. The van der Waals surface area contributed by atoms with Gasteiger partial charge in [0.1, 0.15) is 10.6 Å². The molecule has 0 amide bonds. The van der Waals surface area contributed by atoms with Crippen molar-refractivity contribution in [3.05, 3.63) is 24.3 Å². The summed E-state index contributed by atoms with van der Waals surface area (Å²) in [5.74, 6) is -0.347. The summed E-state index contributed by atoms with van der Waals surface area (Å²) in [6.07, 6.45) is 1.70. The summed E-state index contributed by atoms with van der Waals surface area (Å²) >= 11 is 0. The predicted molar refractivity (Wildman–Crippen MR) is 85.7 cm³/mol. The van der Waals surface area contributed by atoms with E-state index in [-0.39, 0.29) is 35.0 Å². The Hall–Kier alpha value is -0.960. The second-order valence-corrected chi connectivity index (χ2v) is 7.45. The van der Waals surface area contributed by atoms with Gasteiger partial charge in [0, 0.05) is 6.54 Å². The van der Waals surface area contributed by atoms with Crippen LogP contribution in [-0.2, 0) is 10.0 Å². The molecule has 1 aromatic rings. The van der Waals surface area contributed by atoms with Crippen LogP contribution >= 0.6 is 12.4 Å². The van der Waals surface area contributed by atoms with E-state index in [0.717, 1.165) is 25.9 Å². The highest BCUT2D eigenvalue weighted by molar-refractivity contribution is 7.89. The summed E-state index contributed by atoms with van der Waals surface area (Å²) in [5.41, 5.74) is -0.142. The van der Waals surface area contributed by atoms with Crippen molar-refractivity contribution in [1.29, 1.82) is 0 Å². The van der Waals surface area contributed by atoms with Crippen LogP contribution in [0.1, 0.15) is 19.8 Å². The lowest BCUT2D eigenvalue weighted by Crippen LogP contribution is -2.42. The number of nitrogens with one attached hydrogen (secondary N) is 2. The van der Waals surface area contributed by atoms with E-state index in [0.29, 0.717) is 0 Å². The van der Waals surface area contributed by atoms with E-state index >= 15 is 0 Å². The topological polar surface area (TPSA) is 67.4 Å². The van der Waals surface area contributed by atoms with E-state index in [1.807, 2.05) is 6.92 Å². The van der Waals surface area contributed by atoms with Crippen LogP contribution in [0.2, 0.25) is 0 Å². The molecule has 0 spiro atoms. The number of hydrogen-bond donors (Lipinski definition) is 2. The molecule has 1 aliphatic heterocycles. The van der Waals surface area contributed by atoms with Gasteiger partial charge in [0.25, 0.3) is 0 Å². The average molecular weight is 371 g/mol. The van der Waals surface area contributed by atoms with Gasteiger partial charge in [-0.2, -0.15) is 8.78 Å². The number of ether oxygens (including phenoxy) is 1. The van der Waals surface area contributed by atoms with Crippen molar-refractivity contribution in [3.8, 4) is 5.75 Å². The fourth-order valence-corrected chi connectivity index (χ4v) is 3.75. The van der Waals surface area contributed by atoms with Gasteiger partial charge in [0.15, 0.2) is 0 Å². The number of alkyl halides is 2. The molecule has 0 aliphatic carbocycles. The molecular formula is C14H21ClF2N2O3S. The lowest BCUT2D eigenvalue weighted by molar-refractivity contribution is -0.0517. The number of benzene rings is 1. The molecule has 1 fully saturated rings. The molecule has 1 saturated heterocycles. The van der Waals surface area contributed by atoms with Crippen molar-refractivity contribution in [2.45, 2.75) is 31.3 Å². The fraction of sp³-hybridized carbons (Fsp3) is 0.571. The van der Waals surface area contributed by atoms with Crippen molar-refractivity contribution < 1.29 is 21.9 Å². The fourth-order valence-electron chi connectivity index (χ4n) is 2.42. The highest BCUT2D eigenvalue weighted by Crippen LogP contribution is 2.29. The molecule has 2 N–H and O–H groups in total. The molecule has 1 heterocycles. The second-order valence-electron chi connectivity index (χ2n) is 5.71. The lowest BCUT2D eigenvalue weighted by atomic mass is 9.81. The predicted octanol–water partition coefficient (Wildman–Crippen LogP) is 2.38. The maximum absolute atomic E-state index is 12.4. The molecule has 1 aliphatic rings. The summed E-state index contributed by atoms with van der Waals surface area (Å²) in [6, 6.07) is 5.39. The third kappa shape index (κ3) is 5.56. The monoisotopic (exact) mass is 370 g/mol. The summed E-state index contributed by atoms with van der Waals surface area (Å²) in [5, 5.41) is 3.22. The molecule has 0 bridgehead atoms. The van der Waals surface area contributed by atoms with Crippen LogP contribution in [0.3, 0.4) is 0 Å². The van der Waals surface area contributed by atoms with E-state index in [1.165, 1.54) is 24.3 Å². The Morgan fingerprint density at radius 1 is 1.30 bits per heavy atom. The van der Waals surface area contributed by atoms with Crippen molar-refractivity contribution >= 4 is 22.4 Å². The molecule has 2 rings (SSSR count). The largest absolute Gasteiger partial charge is 0.433 e. The van der Waals surface area contributed by atoms with Crippen LogP contribution < -0.4 is 14.8 Å². The Labute approximate surface area is 141 Å². The zero-order valence-corrected chi connectivity index (χ0v) is 14.4. The number of piperidine rings is 1. The van der Waals surface area contributed by atoms with Gasteiger partial charge in [0.05, 0.1) is 0 Å². The van der Waals surface area contributed by atoms with Gasteiger partial charge < -0.3 is 10.1 Å². The van der Waals surface area contributed by atoms with E-state index in [9.17, 15) is 17.2 Å². The first-order valence-electron chi connectivity index (χ1n) is 7.07. The first kappa shape index (κ1) is 20.1. The molecule has 5 nitrogen and oxygen atoms in total. The molecule has 1 aromatic carbocycles. The molecule has 9 heteroatoms. The second kappa shape index (κ2) is 8.23. The number of para-hydroxylation sites is 1. The van der Waals surface area contributed by atoms with Crippen LogP contribution in [0, 0.1) is 5.41 Å². The van der Waals surface area contributed by atoms with Crippen LogP contribution in [0.4, 0.5) is 8.78 Å². The van der Waals surface area contributed by atoms with Crippen molar-refractivity contribution in [1.82, 2.24) is 10.0 Å². The minimum absolute atomic E-state index is 0. The molecule has 0 unspecified atom stereocenters. The Kier molecular flexibility index (Phi) is 7.19. The van der Waals surface area contributed by atoms with Crippen molar-refractivity contribution in [2.24, 2.45) is 5.41 Å². The summed E-state index contributed by atoms with van der Waals surface area (Å²) in [6.45, 7) is 0.878. The van der Waals surface area contributed by atoms with E-state index in [2.05, 4.69) is 14.8 Å². The van der Waals surface area contributed by atoms with E-state index in [4.69, 9.17) is 0 Å². The highest BCUT2D eigenvalue weighted by atomic mass is 35.5. The van der Waals surface area contributed by atoms with Gasteiger partial charge in [0.2, 0.25) is 10.0 Å². The molecule has 0 aromatic heterocycles. The Morgan fingerprint density at radius 3 is 2.52 bits per heavy atom. The first-order chi connectivity index (χ1) is 10.3. The minimum atomic E-state index is -3.90. The third-order valence-electron chi connectivity index (χ3n) is 3.85. The average Bonchev–Trinajstić information content (AvgIpc) is 2.46. The van der Waals surface area contributed by atoms with Gasteiger partial charge in [-0.1, -0.05) is 19.1 Å².